The van der Waals surface area contributed by atoms with Crippen molar-refractivity contribution in [3.63, 3.8) is 0 Å². The van der Waals surface area contributed by atoms with Crippen LogP contribution in [0.1, 0.15) is 32.1 Å². The van der Waals surface area contributed by atoms with Gasteiger partial charge in [0.05, 0.1) is 7.11 Å². The van der Waals surface area contributed by atoms with Crippen LogP contribution in [0.15, 0.2) is 0 Å². The summed E-state index contributed by atoms with van der Waals surface area (Å²) in [6.45, 7) is 1.71. The van der Waals surface area contributed by atoms with Gasteiger partial charge in [-0.25, -0.2) is 0 Å². The van der Waals surface area contributed by atoms with Crippen molar-refractivity contribution >= 4 is 5.97 Å². The minimum absolute atomic E-state index is 0.0933. The minimum atomic E-state index is -0.176. The summed E-state index contributed by atoms with van der Waals surface area (Å²) in [7, 11) is 1.41. The molecule has 1 aliphatic heterocycles. The molecule has 1 fully saturated rings. The van der Waals surface area contributed by atoms with E-state index in [4.69, 9.17) is 10.5 Å². The van der Waals surface area contributed by atoms with E-state index in [-0.39, 0.29) is 12.0 Å². The molecule has 0 spiro atoms. The third-order valence-electron chi connectivity index (χ3n) is 2.84. The van der Waals surface area contributed by atoms with Crippen LogP contribution < -0.4 is 5.73 Å². The van der Waals surface area contributed by atoms with Crippen molar-refractivity contribution in [1.29, 1.82) is 0 Å². The molecule has 1 heterocycles. The fourth-order valence-electron chi connectivity index (χ4n) is 1.94. The zero-order valence-corrected chi connectivity index (χ0v) is 9.41. The molecule has 0 aromatic heterocycles. The van der Waals surface area contributed by atoms with Gasteiger partial charge in [-0.3, -0.25) is 4.79 Å². The Morgan fingerprint density at radius 3 is 3.07 bits per heavy atom. The van der Waals surface area contributed by atoms with Gasteiger partial charge in [0.15, 0.2) is 0 Å². The summed E-state index contributed by atoms with van der Waals surface area (Å²) >= 11 is 0. The topological polar surface area (TPSA) is 61.5 Å². The van der Waals surface area contributed by atoms with E-state index in [1.54, 1.807) is 0 Å². The molecule has 4 heteroatoms. The van der Waals surface area contributed by atoms with Gasteiger partial charge in [0, 0.05) is 25.7 Å². The highest BCUT2D eigenvalue weighted by Gasteiger charge is 2.17. The number of esters is 1. The Kier molecular flexibility index (Phi) is 5.65. The van der Waals surface area contributed by atoms with Gasteiger partial charge in [-0.1, -0.05) is 0 Å². The van der Waals surface area contributed by atoms with Gasteiger partial charge in [0.2, 0.25) is 0 Å². The number of methoxy groups -OCH3 is 1. The van der Waals surface area contributed by atoms with Gasteiger partial charge < -0.3 is 15.2 Å². The third-order valence-corrected chi connectivity index (χ3v) is 2.84. The van der Waals surface area contributed by atoms with Crippen molar-refractivity contribution in [3.8, 4) is 0 Å². The van der Waals surface area contributed by atoms with Crippen molar-refractivity contribution in [3.05, 3.63) is 0 Å². The molecule has 0 amide bonds. The summed E-state index contributed by atoms with van der Waals surface area (Å²) in [6, 6.07) is 0.0933. The van der Waals surface area contributed by atoms with Crippen molar-refractivity contribution in [1.82, 2.24) is 0 Å². The average Bonchev–Trinajstić information content (AvgIpc) is 2.27. The lowest BCUT2D eigenvalue weighted by Crippen LogP contribution is -2.28. The molecular formula is C11H21NO3. The quantitative estimate of drug-likeness (QED) is 0.697. The lowest BCUT2D eigenvalue weighted by Gasteiger charge is -2.24. The number of nitrogens with two attached hydrogens (primary N) is 1. The van der Waals surface area contributed by atoms with Gasteiger partial charge in [0.25, 0.3) is 0 Å². The Morgan fingerprint density at radius 1 is 1.67 bits per heavy atom. The van der Waals surface area contributed by atoms with Crippen LogP contribution in [0, 0.1) is 5.92 Å². The first kappa shape index (κ1) is 12.5. The maximum Gasteiger partial charge on any atom is 0.305 e. The van der Waals surface area contributed by atoms with Crippen LogP contribution in [0.3, 0.4) is 0 Å². The predicted octanol–water partition coefficient (Wildman–Crippen LogP) is 1.08. The summed E-state index contributed by atoms with van der Waals surface area (Å²) in [5.74, 6) is 0.400. The first-order valence-electron chi connectivity index (χ1n) is 5.62. The van der Waals surface area contributed by atoms with E-state index in [1.165, 1.54) is 13.5 Å². The minimum Gasteiger partial charge on any atom is -0.469 e. The normalized spacial score (nSPS) is 23.5. The average molecular weight is 215 g/mol. The van der Waals surface area contributed by atoms with Crippen LogP contribution in [-0.4, -0.2) is 32.3 Å². The molecule has 1 saturated heterocycles. The van der Waals surface area contributed by atoms with Crippen molar-refractivity contribution in [2.75, 3.05) is 20.3 Å². The Bertz CT molecular complexity index is 190. The molecule has 0 aromatic rings. The van der Waals surface area contributed by atoms with Gasteiger partial charge >= 0.3 is 5.97 Å². The lowest BCUT2D eigenvalue weighted by molar-refractivity contribution is -0.140. The monoisotopic (exact) mass is 215 g/mol. The molecule has 0 radical (unpaired) electrons. The second kappa shape index (κ2) is 6.80. The van der Waals surface area contributed by atoms with Gasteiger partial charge in [-0.15, -0.1) is 0 Å². The third kappa shape index (κ3) is 5.14. The largest absolute Gasteiger partial charge is 0.469 e. The highest BCUT2D eigenvalue weighted by molar-refractivity contribution is 5.69. The maximum absolute atomic E-state index is 10.9. The summed E-state index contributed by atoms with van der Waals surface area (Å²) in [6.07, 6.45) is 4.42. The second-order valence-corrected chi connectivity index (χ2v) is 4.19. The SMILES string of the molecule is COC(=O)CCC(N)CC1CCCOC1. The smallest absolute Gasteiger partial charge is 0.305 e. The standard InChI is InChI=1S/C11H21NO3/c1-14-11(13)5-4-10(12)7-9-3-2-6-15-8-9/h9-10H,2-8,12H2,1H3. The van der Waals surface area contributed by atoms with E-state index in [1.807, 2.05) is 0 Å². The Morgan fingerprint density at radius 2 is 2.47 bits per heavy atom. The molecular weight excluding hydrogens is 194 g/mol. The van der Waals surface area contributed by atoms with Crippen molar-refractivity contribution in [2.24, 2.45) is 11.7 Å². The molecule has 2 atom stereocenters. The fraction of sp³-hybridized carbons (Fsp3) is 0.909. The molecule has 1 aliphatic rings. The lowest BCUT2D eigenvalue weighted by atomic mass is 9.93. The van der Waals surface area contributed by atoms with E-state index in [9.17, 15) is 4.79 Å². The zero-order chi connectivity index (χ0) is 11.1. The van der Waals surface area contributed by atoms with Crippen LogP contribution >= 0.6 is 0 Å². The molecule has 0 saturated carbocycles. The molecule has 2 unspecified atom stereocenters. The van der Waals surface area contributed by atoms with Gasteiger partial charge in [-0.05, 0) is 31.6 Å². The van der Waals surface area contributed by atoms with Crippen LogP contribution in [0.5, 0.6) is 0 Å². The molecule has 0 aromatic carbocycles. The molecule has 4 nitrogen and oxygen atoms in total. The molecule has 1 rings (SSSR count). The van der Waals surface area contributed by atoms with E-state index in [0.717, 1.165) is 26.1 Å². The molecule has 88 valence electrons. The van der Waals surface area contributed by atoms with Crippen LogP contribution in [-0.2, 0) is 14.3 Å². The summed E-state index contributed by atoms with van der Waals surface area (Å²) in [5.41, 5.74) is 5.94. The summed E-state index contributed by atoms with van der Waals surface area (Å²) in [5, 5.41) is 0. The number of carbonyl (C=O) groups is 1. The number of hydrogen-bond acceptors (Lipinski definition) is 4. The number of hydrogen-bond donors (Lipinski definition) is 1. The Balaban J connectivity index is 2.11. The number of carbonyl (C=O) groups excluding carboxylic acids is 1. The molecule has 2 N–H and O–H groups in total. The highest BCUT2D eigenvalue weighted by Crippen LogP contribution is 2.19. The number of rotatable bonds is 5. The van der Waals surface area contributed by atoms with Crippen LogP contribution in [0.4, 0.5) is 0 Å². The predicted molar refractivity (Wildman–Crippen MR) is 57.4 cm³/mol. The van der Waals surface area contributed by atoms with E-state index < -0.39 is 0 Å². The van der Waals surface area contributed by atoms with Crippen LogP contribution in [0.25, 0.3) is 0 Å². The number of ether oxygens (including phenoxy) is 2. The second-order valence-electron chi connectivity index (χ2n) is 4.19. The summed E-state index contributed by atoms with van der Waals surface area (Å²) in [4.78, 5) is 10.9. The van der Waals surface area contributed by atoms with E-state index in [2.05, 4.69) is 4.74 Å². The molecule has 15 heavy (non-hydrogen) atoms. The van der Waals surface area contributed by atoms with Crippen molar-refractivity contribution in [2.45, 2.75) is 38.1 Å². The zero-order valence-electron chi connectivity index (χ0n) is 9.41. The maximum atomic E-state index is 10.9. The van der Waals surface area contributed by atoms with Crippen molar-refractivity contribution < 1.29 is 14.3 Å². The van der Waals surface area contributed by atoms with E-state index >= 15 is 0 Å². The van der Waals surface area contributed by atoms with E-state index in [0.29, 0.717) is 18.8 Å². The first-order valence-corrected chi connectivity index (χ1v) is 5.62. The molecule has 0 aliphatic carbocycles. The van der Waals surface area contributed by atoms with Crippen LogP contribution in [0.2, 0.25) is 0 Å². The Labute approximate surface area is 91.1 Å². The summed E-state index contributed by atoms with van der Waals surface area (Å²) < 4.78 is 9.95. The Hall–Kier alpha value is -0.610. The van der Waals surface area contributed by atoms with Gasteiger partial charge in [0.1, 0.15) is 0 Å². The molecule has 0 bridgehead atoms. The fourth-order valence-corrected chi connectivity index (χ4v) is 1.94. The van der Waals surface area contributed by atoms with Gasteiger partial charge in [-0.2, -0.15) is 0 Å². The first-order chi connectivity index (χ1) is 7.22. The highest BCUT2D eigenvalue weighted by atomic mass is 16.5.